The van der Waals surface area contributed by atoms with E-state index in [9.17, 15) is 0 Å². The lowest BCUT2D eigenvalue weighted by molar-refractivity contribution is 0.594. The second-order valence-corrected chi connectivity index (χ2v) is 5.63. The van der Waals surface area contributed by atoms with Crippen LogP contribution in [0, 0.1) is 17.8 Å². The van der Waals surface area contributed by atoms with E-state index in [1.165, 1.54) is 12.8 Å². The first-order chi connectivity index (χ1) is 8.74. The van der Waals surface area contributed by atoms with Gasteiger partial charge in [0.1, 0.15) is 0 Å². The lowest BCUT2D eigenvalue weighted by atomic mass is 9.95. The summed E-state index contributed by atoms with van der Waals surface area (Å²) in [4.78, 5) is 3.90. The highest BCUT2D eigenvalue weighted by atomic mass is 35.5. The minimum Gasteiger partial charge on any atom is -0.276 e. The number of nitrogens with one attached hydrogen (secondary N) is 1. The Morgan fingerprint density at radius 3 is 2.61 bits per heavy atom. The minimum atomic E-state index is 0.479. The largest absolute Gasteiger partial charge is 0.276 e. The molecule has 3 atom stereocenters. The summed E-state index contributed by atoms with van der Waals surface area (Å²) in [5.74, 6) is 1.94. The molecule has 2 aliphatic rings. The Morgan fingerprint density at radius 1 is 1.22 bits per heavy atom. The number of aromatic nitrogens is 1. The van der Waals surface area contributed by atoms with Crippen molar-refractivity contribution in [2.75, 3.05) is 5.43 Å². The van der Waals surface area contributed by atoms with Crippen LogP contribution in [0.1, 0.15) is 12.8 Å². The van der Waals surface area contributed by atoms with Crippen molar-refractivity contribution in [3.63, 3.8) is 0 Å². The van der Waals surface area contributed by atoms with E-state index in [0.29, 0.717) is 27.6 Å². The molecule has 2 bridgehead atoms. The molecule has 1 aromatic rings. The molecule has 0 amide bonds. The van der Waals surface area contributed by atoms with Gasteiger partial charge < -0.3 is 0 Å². The number of nitrogens with zero attached hydrogens (tertiary/aromatic N) is 2. The van der Waals surface area contributed by atoms with Crippen molar-refractivity contribution in [1.29, 1.82) is 0 Å². The van der Waals surface area contributed by atoms with Gasteiger partial charge in [-0.2, -0.15) is 5.10 Å². The van der Waals surface area contributed by atoms with E-state index in [1.807, 2.05) is 6.21 Å². The SMILES string of the molecule is Clc1cncc(Cl)c1N/N=C/C1CC2C=CC1C2. The van der Waals surface area contributed by atoms with E-state index in [4.69, 9.17) is 23.2 Å². The molecule has 1 aromatic heterocycles. The number of allylic oxidation sites excluding steroid dienone is 2. The van der Waals surface area contributed by atoms with Gasteiger partial charge in [0.15, 0.2) is 0 Å². The molecule has 94 valence electrons. The van der Waals surface area contributed by atoms with E-state index in [-0.39, 0.29) is 0 Å². The topological polar surface area (TPSA) is 37.3 Å². The van der Waals surface area contributed by atoms with E-state index in [1.54, 1.807) is 12.4 Å². The average molecular weight is 282 g/mol. The van der Waals surface area contributed by atoms with E-state index >= 15 is 0 Å². The predicted octanol–water partition coefficient (Wildman–Crippen LogP) is 4.00. The monoisotopic (exact) mass is 281 g/mol. The smallest absolute Gasteiger partial charge is 0.0965 e. The quantitative estimate of drug-likeness (QED) is 0.517. The maximum atomic E-state index is 5.99. The Hall–Kier alpha value is -1.06. The summed E-state index contributed by atoms with van der Waals surface area (Å²) in [7, 11) is 0. The third-order valence-corrected chi connectivity index (χ3v) is 4.20. The van der Waals surface area contributed by atoms with E-state index in [2.05, 4.69) is 27.7 Å². The fraction of sp³-hybridized carbons (Fsp3) is 0.385. The standard InChI is InChI=1S/C13H13Cl2N3/c14-11-6-16-7-12(15)13(11)18-17-5-10-4-8-1-2-9(10)3-8/h1-2,5-10H,3-4H2,(H,16,18)/b17-5+. The van der Waals surface area contributed by atoms with Gasteiger partial charge in [-0.3, -0.25) is 10.4 Å². The molecule has 3 nitrogen and oxygen atoms in total. The zero-order chi connectivity index (χ0) is 12.5. The average Bonchev–Trinajstić information content (AvgIpc) is 2.95. The summed E-state index contributed by atoms with van der Waals surface area (Å²) >= 11 is 12.0. The molecule has 3 unspecified atom stereocenters. The normalized spacial score (nSPS) is 29.3. The maximum absolute atomic E-state index is 5.99. The fourth-order valence-electron chi connectivity index (χ4n) is 2.71. The Bertz CT molecular complexity index is 493. The molecule has 0 radical (unpaired) electrons. The number of hydrogen-bond acceptors (Lipinski definition) is 3. The molecular weight excluding hydrogens is 269 g/mol. The van der Waals surface area contributed by atoms with Crippen LogP contribution >= 0.6 is 23.2 Å². The Morgan fingerprint density at radius 2 is 2.00 bits per heavy atom. The molecule has 3 rings (SSSR count). The van der Waals surface area contributed by atoms with E-state index in [0.717, 1.165) is 5.92 Å². The lowest BCUT2D eigenvalue weighted by Gasteiger charge is -2.12. The van der Waals surface area contributed by atoms with Crippen LogP contribution in [0.15, 0.2) is 29.6 Å². The van der Waals surface area contributed by atoms with Crippen LogP contribution in [0.2, 0.25) is 10.0 Å². The van der Waals surface area contributed by atoms with Crippen LogP contribution < -0.4 is 5.43 Å². The van der Waals surface area contributed by atoms with Gasteiger partial charge in [-0.15, -0.1) is 0 Å². The number of hydrazone groups is 1. The highest BCUT2D eigenvalue weighted by molar-refractivity contribution is 6.38. The first-order valence-corrected chi connectivity index (χ1v) is 6.76. The zero-order valence-corrected chi connectivity index (χ0v) is 11.2. The van der Waals surface area contributed by atoms with Crippen molar-refractivity contribution in [1.82, 2.24) is 4.98 Å². The summed E-state index contributed by atoms with van der Waals surface area (Å²) < 4.78 is 0. The Labute approximate surface area is 116 Å². The van der Waals surface area contributed by atoms with Gasteiger partial charge >= 0.3 is 0 Å². The summed E-state index contributed by atoms with van der Waals surface area (Å²) in [5.41, 5.74) is 3.52. The number of rotatable bonds is 3. The Kier molecular flexibility index (Phi) is 3.27. The van der Waals surface area contributed by atoms with Crippen molar-refractivity contribution >= 4 is 35.1 Å². The number of pyridine rings is 1. The van der Waals surface area contributed by atoms with Gasteiger partial charge in [-0.25, -0.2) is 0 Å². The van der Waals surface area contributed by atoms with Gasteiger partial charge in [0, 0.05) is 24.5 Å². The van der Waals surface area contributed by atoms with Gasteiger partial charge in [0.25, 0.3) is 0 Å². The van der Waals surface area contributed by atoms with Crippen molar-refractivity contribution < 1.29 is 0 Å². The second-order valence-electron chi connectivity index (χ2n) is 4.81. The van der Waals surface area contributed by atoms with Crippen molar-refractivity contribution in [3.05, 3.63) is 34.6 Å². The summed E-state index contributed by atoms with van der Waals surface area (Å²) in [5, 5.41) is 5.22. The molecule has 2 aliphatic carbocycles. The van der Waals surface area contributed by atoms with Crippen molar-refractivity contribution in [2.45, 2.75) is 12.8 Å². The molecule has 1 N–H and O–H groups in total. The van der Waals surface area contributed by atoms with Crippen LogP contribution in [0.3, 0.4) is 0 Å². The molecule has 1 saturated carbocycles. The van der Waals surface area contributed by atoms with Crippen LogP contribution in [0.5, 0.6) is 0 Å². The van der Waals surface area contributed by atoms with Crippen LogP contribution in [0.25, 0.3) is 0 Å². The van der Waals surface area contributed by atoms with Gasteiger partial charge in [0.2, 0.25) is 0 Å². The number of hydrogen-bond donors (Lipinski definition) is 1. The first-order valence-electron chi connectivity index (χ1n) is 6.00. The first kappa shape index (κ1) is 12.0. The number of fused-ring (bicyclic) bond motifs is 2. The highest BCUT2D eigenvalue weighted by Gasteiger charge is 2.34. The molecule has 0 aromatic carbocycles. The number of anilines is 1. The van der Waals surface area contributed by atoms with Gasteiger partial charge in [-0.1, -0.05) is 35.4 Å². The molecule has 1 heterocycles. The molecule has 0 aliphatic heterocycles. The van der Waals surface area contributed by atoms with Crippen LogP contribution in [0.4, 0.5) is 5.69 Å². The van der Waals surface area contributed by atoms with Crippen molar-refractivity contribution in [3.8, 4) is 0 Å². The minimum absolute atomic E-state index is 0.479. The highest BCUT2D eigenvalue weighted by Crippen LogP contribution is 2.42. The molecule has 0 spiro atoms. The third kappa shape index (κ3) is 2.25. The molecular formula is C13H13Cl2N3. The summed E-state index contributed by atoms with van der Waals surface area (Å²) in [6, 6.07) is 0. The van der Waals surface area contributed by atoms with Gasteiger partial charge in [-0.05, 0) is 24.7 Å². The maximum Gasteiger partial charge on any atom is 0.0965 e. The van der Waals surface area contributed by atoms with Crippen molar-refractivity contribution in [2.24, 2.45) is 22.9 Å². The van der Waals surface area contributed by atoms with Crippen LogP contribution in [-0.4, -0.2) is 11.2 Å². The molecule has 5 heteroatoms. The second kappa shape index (κ2) is 4.90. The molecule has 18 heavy (non-hydrogen) atoms. The fourth-order valence-corrected chi connectivity index (χ4v) is 3.16. The lowest BCUT2D eigenvalue weighted by Crippen LogP contribution is -2.09. The summed E-state index contributed by atoms with van der Waals surface area (Å²) in [6.45, 7) is 0. The summed E-state index contributed by atoms with van der Waals surface area (Å²) in [6.07, 6.45) is 12.2. The number of halogens is 2. The molecule has 1 fully saturated rings. The predicted molar refractivity (Wildman–Crippen MR) is 75.2 cm³/mol. The molecule has 0 saturated heterocycles. The zero-order valence-electron chi connectivity index (χ0n) is 9.68. The third-order valence-electron chi connectivity index (χ3n) is 3.63. The Balaban J connectivity index is 1.66. The van der Waals surface area contributed by atoms with E-state index < -0.39 is 0 Å². The van der Waals surface area contributed by atoms with Gasteiger partial charge in [0.05, 0.1) is 15.7 Å². The van der Waals surface area contributed by atoms with Crippen LogP contribution in [-0.2, 0) is 0 Å².